The number of likely N-dealkylation sites (tertiary alicyclic amines) is 1. The SMILES string of the molecule is CN(C)c1ncc([C@]2(O)CC[C@H](N3CC(NC(=O)CNC(=O)c4cccc(C(F)(F)F)c4)C3)CC2)s1. The zero-order valence-corrected chi connectivity index (χ0v) is 21.0. The predicted octanol–water partition coefficient (Wildman–Crippen LogP) is 2.59. The molecule has 8 nitrogen and oxygen atoms in total. The lowest BCUT2D eigenvalue weighted by molar-refractivity contribution is -0.137. The summed E-state index contributed by atoms with van der Waals surface area (Å²) in [6.45, 7) is 1.05. The van der Waals surface area contributed by atoms with Gasteiger partial charge in [-0.3, -0.25) is 14.5 Å². The highest BCUT2D eigenvalue weighted by Gasteiger charge is 2.41. The quantitative estimate of drug-likeness (QED) is 0.514. The molecule has 1 aromatic carbocycles. The van der Waals surface area contributed by atoms with E-state index in [1.54, 1.807) is 6.20 Å². The van der Waals surface area contributed by atoms with E-state index in [9.17, 15) is 27.9 Å². The van der Waals surface area contributed by atoms with E-state index >= 15 is 0 Å². The molecule has 0 bridgehead atoms. The van der Waals surface area contributed by atoms with Crippen LogP contribution in [-0.4, -0.2) is 72.6 Å². The minimum Gasteiger partial charge on any atom is -0.384 e. The number of hydrogen-bond acceptors (Lipinski definition) is 7. The van der Waals surface area contributed by atoms with E-state index in [1.165, 1.54) is 17.4 Å². The Morgan fingerprint density at radius 1 is 1.25 bits per heavy atom. The first-order chi connectivity index (χ1) is 16.9. The second-order valence-electron chi connectivity index (χ2n) is 9.64. The van der Waals surface area contributed by atoms with Gasteiger partial charge in [0.1, 0.15) is 5.60 Å². The summed E-state index contributed by atoms with van der Waals surface area (Å²) in [5, 5.41) is 17.2. The van der Waals surface area contributed by atoms with E-state index in [2.05, 4.69) is 20.5 Å². The average Bonchev–Trinajstić information content (AvgIpc) is 3.32. The van der Waals surface area contributed by atoms with Crippen LogP contribution >= 0.6 is 11.3 Å². The predicted molar refractivity (Wildman–Crippen MR) is 130 cm³/mol. The van der Waals surface area contributed by atoms with E-state index in [0.29, 0.717) is 32.0 Å². The van der Waals surface area contributed by atoms with Gasteiger partial charge >= 0.3 is 6.18 Å². The molecule has 0 spiro atoms. The number of carbonyl (C=O) groups is 2. The lowest BCUT2D eigenvalue weighted by Gasteiger charge is -2.48. The average molecular weight is 526 g/mol. The van der Waals surface area contributed by atoms with Crippen LogP contribution in [0, 0.1) is 0 Å². The van der Waals surface area contributed by atoms with Crippen molar-refractivity contribution in [3.63, 3.8) is 0 Å². The van der Waals surface area contributed by atoms with Crippen LogP contribution in [0.15, 0.2) is 30.5 Å². The second-order valence-corrected chi connectivity index (χ2v) is 10.7. The normalized spacial score (nSPS) is 23.1. The van der Waals surface area contributed by atoms with Gasteiger partial charge in [-0.2, -0.15) is 13.2 Å². The number of aromatic nitrogens is 1. The largest absolute Gasteiger partial charge is 0.416 e. The fourth-order valence-corrected chi connectivity index (χ4v) is 5.64. The summed E-state index contributed by atoms with van der Waals surface area (Å²) in [4.78, 5) is 33.8. The Kier molecular flexibility index (Phi) is 7.58. The number of nitrogens with zero attached hydrogens (tertiary/aromatic N) is 3. The van der Waals surface area contributed by atoms with Crippen LogP contribution in [0.25, 0.3) is 0 Å². The second kappa shape index (κ2) is 10.3. The number of halogens is 3. The summed E-state index contributed by atoms with van der Waals surface area (Å²) in [5.41, 5.74) is -1.92. The molecule has 2 heterocycles. The maximum atomic E-state index is 12.8. The van der Waals surface area contributed by atoms with E-state index in [4.69, 9.17) is 0 Å². The van der Waals surface area contributed by atoms with Gasteiger partial charge < -0.3 is 20.6 Å². The van der Waals surface area contributed by atoms with E-state index in [1.807, 2.05) is 19.0 Å². The molecule has 2 aliphatic rings. The third-order valence-corrected chi connectivity index (χ3v) is 8.13. The van der Waals surface area contributed by atoms with E-state index in [-0.39, 0.29) is 24.1 Å². The first-order valence-electron chi connectivity index (χ1n) is 11.8. The number of alkyl halides is 3. The van der Waals surface area contributed by atoms with Gasteiger partial charge in [0, 0.05) is 45.0 Å². The van der Waals surface area contributed by atoms with Gasteiger partial charge in [-0.15, -0.1) is 0 Å². The van der Waals surface area contributed by atoms with Crippen LogP contribution in [0.3, 0.4) is 0 Å². The summed E-state index contributed by atoms with van der Waals surface area (Å²) >= 11 is 1.51. The van der Waals surface area contributed by atoms with Gasteiger partial charge in [-0.1, -0.05) is 17.4 Å². The highest BCUT2D eigenvalue weighted by Crippen LogP contribution is 2.42. The van der Waals surface area contributed by atoms with E-state index < -0.39 is 23.2 Å². The van der Waals surface area contributed by atoms with Crippen LogP contribution < -0.4 is 15.5 Å². The van der Waals surface area contributed by atoms with Crippen LogP contribution in [0.2, 0.25) is 0 Å². The maximum absolute atomic E-state index is 12.8. The molecule has 12 heteroatoms. The third kappa shape index (κ3) is 5.98. The van der Waals surface area contributed by atoms with Gasteiger partial charge in [-0.05, 0) is 43.9 Å². The number of hydrogen-bond donors (Lipinski definition) is 3. The monoisotopic (exact) mass is 525 g/mol. The third-order valence-electron chi connectivity index (χ3n) is 6.77. The molecule has 3 N–H and O–H groups in total. The molecule has 1 aliphatic carbocycles. The van der Waals surface area contributed by atoms with Crippen molar-refractivity contribution in [2.45, 2.75) is 49.5 Å². The Labute approximate surface area is 211 Å². The molecular formula is C24H30F3N5O3S. The van der Waals surface area contributed by atoms with Crippen molar-refractivity contribution >= 4 is 28.3 Å². The minimum absolute atomic E-state index is 0.0482. The Morgan fingerprint density at radius 2 is 1.94 bits per heavy atom. The zero-order chi connectivity index (χ0) is 26.1. The molecule has 0 atom stereocenters. The Balaban J connectivity index is 1.18. The van der Waals surface area contributed by atoms with Crippen molar-refractivity contribution in [2.24, 2.45) is 0 Å². The molecule has 1 aromatic heterocycles. The number of nitrogens with one attached hydrogen (secondary N) is 2. The zero-order valence-electron chi connectivity index (χ0n) is 20.1. The number of carbonyl (C=O) groups excluding carboxylic acids is 2. The summed E-state index contributed by atoms with van der Waals surface area (Å²) in [7, 11) is 3.85. The van der Waals surface area contributed by atoms with Crippen molar-refractivity contribution < 1.29 is 27.9 Å². The van der Waals surface area contributed by atoms with Crippen LogP contribution in [-0.2, 0) is 16.6 Å². The first-order valence-corrected chi connectivity index (χ1v) is 12.6. The molecule has 1 saturated heterocycles. The van der Waals surface area contributed by atoms with Gasteiger partial charge in [0.25, 0.3) is 5.91 Å². The molecule has 2 fully saturated rings. The fourth-order valence-electron chi connectivity index (χ4n) is 4.66. The number of thiazole rings is 1. The highest BCUT2D eigenvalue weighted by atomic mass is 32.1. The number of aliphatic hydroxyl groups is 1. The molecule has 0 radical (unpaired) electrons. The van der Waals surface area contributed by atoms with Gasteiger partial charge in [0.15, 0.2) is 5.13 Å². The Bertz CT molecular complexity index is 1090. The molecule has 2 amide bonds. The smallest absolute Gasteiger partial charge is 0.384 e. The van der Waals surface area contributed by atoms with Crippen molar-refractivity contribution in [3.05, 3.63) is 46.5 Å². The fraction of sp³-hybridized carbons (Fsp3) is 0.542. The Morgan fingerprint density at radius 3 is 2.56 bits per heavy atom. The maximum Gasteiger partial charge on any atom is 0.416 e. The van der Waals surface area contributed by atoms with Crippen molar-refractivity contribution in [1.29, 1.82) is 0 Å². The summed E-state index contributed by atoms with van der Waals surface area (Å²) in [6.07, 6.45) is 0.224. The number of rotatable bonds is 7. The molecule has 1 aliphatic heterocycles. The van der Waals surface area contributed by atoms with Crippen molar-refractivity contribution in [2.75, 3.05) is 38.6 Å². The molecule has 2 aromatic rings. The van der Waals surface area contributed by atoms with Crippen molar-refractivity contribution in [1.82, 2.24) is 20.5 Å². The number of amides is 2. The van der Waals surface area contributed by atoms with Gasteiger partial charge in [0.2, 0.25) is 5.91 Å². The highest BCUT2D eigenvalue weighted by molar-refractivity contribution is 7.15. The summed E-state index contributed by atoms with van der Waals surface area (Å²) < 4.78 is 38.5. The van der Waals surface area contributed by atoms with Crippen LogP contribution in [0.5, 0.6) is 0 Å². The molecule has 1 saturated carbocycles. The molecular weight excluding hydrogens is 495 g/mol. The lowest BCUT2D eigenvalue weighted by Crippen LogP contribution is -2.63. The number of benzene rings is 1. The molecule has 196 valence electrons. The van der Waals surface area contributed by atoms with Crippen LogP contribution in [0.4, 0.5) is 18.3 Å². The van der Waals surface area contributed by atoms with Crippen LogP contribution in [0.1, 0.15) is 46.5 Å². The summed E-state index contributed by atoms with van der Waals surface area (Å²) in [6, 6.07) is 4.36. The first kappa shape index (κ1) is 26.4. The van der Waals surface area contributed by atoms with E-state index in [0.717, 1.165) is 41.0 Å². The molecule has 36 heavy (non-hydrogen) atoms. The van der Waals surface area contributed by atoms with Gasteiger partial charge in [-0.25, -0.2) is 4.98 Å². The summed E-state index contributed by atoms with van der Waals surface area (Å²) in [5.74, 6) is -1.13. The Hall–Kier alpha value is -2.70. The minimum atomic E-state index is -4.54. The van der Waals surface area contributed by atoms with Crippen molar-refractivity contribution in [3.8, 4) is 0 Å². The molecule has 0 unspecified atom stereocenters. The van der Waals surface area contributed by atoms with Gasteiger partial charge in [0.05, 0.1) is 23.0 Å². The lowest BCUT2D eigenvalue weighted by atomic mass is 9.80. The standard InChI is InChI=1S/C24H30F3N5O3S/c1-31(2)22-29-11-19(36-22)23(35)8-6-18(7-9-23)32-13-17(14-32)30-20(33)12-28-21(34)15-4-3-5-16(10-15)24(25,26)27/h3-5,10-11,17-18,35H,6-9,12-14H2,1-2H3,(H,28,34)(H,30,33)/t18-,23-. The number of anilines is 1. The molecule has 4 rings (SSSR count). The topological polar surface area (TPSA) is 97.8 Å².